The van der Waals surface area contributed by atoms with E-state index in [2.05, 4.69) is 0 Å². The Bertz CT molecular complexity index is 506. The molecular formula is C9H2F11O2-. The highest BCUT2D eigenvalue weighted by Crippen LogP contribution is 2.70. The van der Waals surface area contributed by atoms with Crippen LogP contribution < -0.4 is 5.11 Å². The number of carboxylic acids is 1. The molecule has 0 aliphatic heterocycles. The predicted molar refractivity (Wildman–Crippen MR) is 42.7 cm³/mol. The van der Waals surface area contributed by atoms with Gasteiger partial charge in [-0.1, -0.05) is 6.58 Å². The summed E-state index contributed by atoms with van der Waals surface area (Å²) in [5, 5.41) is 10.2. The Kier molecular flexibility index (Phi) is 3.40. The van der Waals surface area contributed by atoms with Crippen LogP contribution in [0.4, 0.5) is 48.3 Å². The molecule has 0 spiro atoms. The zero-order valence-electron chi connectivity index (χ0n) is 9.68. The molecule has 22 heavy (non-hydrogen) atoms. The molecule has 1 rings (SSSR count). The van der Waals surface area contributed by atoms with Gasteiger partial charge in [0.15, 0.2) is 0 Å². The van der Waals surface area contributed by atoms with Crippen molar-refractivity contribution in [2.75, 3.05) is 0 Å². The van der Waals surface area contributed by atoms with Crippen molar-refractivity contribution in [3.8, 4) is 0 Å². The van der Waals surface area contributed by atoms with E-state index in [-0.39, 0.29) is 0 Å². The van der Waals surface area contributed by atoms with E-state index >= 15 is 0 Å². The third kappa shape index (κ3) is 1.44. The highest BCUT2D eigenvalue weighted by atomic mass is 19.4. The van der Waals surface area contributed by atoms with Crippen LogP contribution in [-0.4, -0.2) is 41.3 Å². The summed E-state index contributed by atoms with van der Waals surface area (Å²) in [5.74, 6) is -40.0. The van der Waals surface area contributed by atoms with Gasteiger partial charge in [0.1, 0.15) is 0 Å². The first-order valence-electron chi connectivity index (χ1n) is 4.84. The number of carbonyl (C=O) groups is 1. The molecule has 13 heteroatoms. The van der Waals surface area contributed by atoms with E-state index in [0.29, 0.717) is 0 Å². The molecule has 0 aromatic carbocycles. The van der Waals surface area contributed by atoms with E-state index in [1.165, 1.54) is 0 Å². The summed E-state index contributed by atoms with van der Waals surface area (Å²) < 4.78 is 144. The fraction of sp³-hybridized carbons (Fsp3) is 0.667. The highest BCUT2D eigenvalue weighted by Gasteiger charge is 3.01. The van der Waals surface area contributed by atoms with Crippen molar-refractivity contribution in [3.63, 3.8) is 0 Å². The molecule has 0 N–H and O–H groups in total. The zero-order valence-corrected chi connectivity index (χ0v) is 9.68. The van der Waals surface area contributed by atoms with Gasteiger partial charge in [-0.25, -0.2) is 4.39 Å². The number of rotatable bonds is 2. The van der Waals surface area contributed by atoms with E-state index < -0.39 is 46.8 Å². The summed E-state index contributed by atoms with van der Waals surface area (Å²) in [6, 6.07) is 0. The van der Waals surface area contributed by atoms with Gasteiger partial charge in [-0.15, -0.1) is 0 Å². The minimum Gasteiger partial charge on any atom is -0.545 e. The zero-order chi connectivity index (χ0) is 18.2. The minimum absolute atomic E-state index is 1.71. The van der Waals surface area contributed by atoms with Gasteiger partial charge in [0.25, 0.3) is 5.67 Å². The van der Waals surface area contributed by atoms with Gasteiger partial charge < -0.3 is 9.90 Å². The molecule has 1 aliphatic carbocycles. The predicted octanol–water partition coefficient (Wildman–Crippen LogP) is 2.19. The molecule has 0 atom stereocenters. The third-order valence-corrected chi connectivity index (χ3v) is 3.10. The van der Waals surface area contributed by atoms with E-state index in [4.69, 9.17) is 0 Å². The lowest BCUT2D eigenvalue weighted by Gasteiger charge is -2.53. The topological polar surface area (TPSA) is 40.1 Å². The van der Waals surface area contributed by atoms with Crippen molar-refractivity contribution in [1.29, 1.82) is 0 Å². The summed E-state index contributed by atoms with van der Waals surface area (Å²) in [7, 11) is 0. The third-order valence-electron chi connectivity index (χ3n) is 3.10. The number of carboxylic acid groups (broad SMARTS) is 1. The first kappa shape index (κ1) is 18.5. The highest BCUT2D eigenvalue weighted by molar-refractivity contribution is 5.87. The Hall–Kier alpha value is -1.56. The molecule has 0 aromatic heterocycles. The first-order valence-corrected chi connectivity index (χ1v) is 4.84. The molecule has 1 aliphatic rings. The molecule has 0 unspecified atom stereocenters. The number of carbonyl (C=O) groups excluding carboxylic acids is 1. The van der Waals surface area contributed by atoms with Gasteiger partial charge >= 0.3 is 29.6 Å². The summed E-state index contributed by atoms with van der Waals surface area (Å²) in [6.45, 7) is 1.71. The molecule has 1 fully saturated rings. The van der Waals surface area contributed by atoms with Crippen LogP contribution in [0.25, 0.3) is 0 Å². The first-order chi connectivity index (χ1) is 9.35. The van der Waals surface area contributed by atoms with Gasteiger partial charge in [-0.2, -0.15) is 43.9 Å². The summed E-state index contributed by atoms with van der Waals surface area (Å²) in [5.41, 5.74) is -9.97. The summed E-state index contributed by atoms with van der Waals surface area (Å²) >= 11 is 0. The maximum Gasteiger partial charge on any atom is 0.384 e. The van der Waals surface area contributed by atoms with E-state index in [0.717, 1.165) is 0 Å². The Morgan fingerprint density at radius 1 is 0.636 bits per heavy atom. The van der Waals surface area contributed by atoms with Crippen LogP contribution in [0.5, 0.6) is 0 Å². The van der Waals surface area contributed by atoms with Crippen LogP contribution in [0, 0.1) is 0 Å². The van der Waals surface area contributed by atoms with Crippen molar-refractivity contribution in [3.05, 3.63) is 12.2 Å². The standard InChI is InChI=1S/C9H3F11O2/c1-2(3(21)22)4(10)5(11,12)7(15,16)9(19,20)8(17,18)6(4,13)14/h1H2,(H,21,22)/p-1. The molecule has 1 saturated carbocycles. The van der Waals surface area contributed by atoms with Crippen LogP contribution in [0.1, 0.15) is 0 Å². The fourth-order valence-electron chi connectivity index (χ4n) is 1.74. The van der Waals surface area contributed by atoms with Crippen molar-refractivity contribution in [1.82, 2.24) is 0 Å². The lowest BCUT2D eigenvalue weighted by atomic mass is 9.69. The average Bonchev–Trinajstić information content (AvgIpc) is 2.34. The number of hydrogen-bond acceptors (Lipinski definition) is 2. The smallest absolute Gasteiger partial charge is 0.384 e. The average molecular weight is 351 g/mol. The van der Waals surface area contributed by atoms with Crippen molar-refractivity contribution in [2.24, 2.45) is 0 Å². The normalized spacial score (nSPS) is 29.6. The van der Waals surface area contributed by atoms with E-state index in [9.17, 15) is 58.2 Å². The second-order valence-electron chi connectivity index (χ2n) is 4.30. The molecule has 0 aromatic rings. The Morgan fingerprint density at radius 2 is 0.864 bits per heavy atom. The van der Waals surface area contributed by atoms with Gasteiger partial charge in [0, 0.05) is 5.57 Å². The quantitative estimate of drug-likeness (QED) is 0.565. The molecule has 0 saturated heterocycles. The largest absolute Gasteiger partial charge is 0.545 e. The molecule has 0 amide bonds. The monoisotopic (exact) mass is 351 g/mol. The van der Waals surface area contributed by atoms with Gasteiger partial charge in [0.05, 0.1) is 5.97 Å². The van der Waals surface area contributed by atoms with Crippen LogP contribution in [0.2, 0.25) is 0 Å². The molecule has 2 nitrogen and oxygen atoms in total. The van der Waals surface area contributed by atoms with Crippen LogP contribution in [0.15, 0.2) is 12.2 Å². The number of halogens is 11. The number of alkyl halides is 11. The SMILES string of the molecule is C=C(C(=O)[O-])C1(F)C(F)(F)C(F)(F)C(F)(F)C(F)(F)C1(F)F. The summed E-state index contributed by atoms with van der Waals surface area (Å²) in [6.07, 6.45) is 0. The van der Waals surface area contributed by atoms with Gasteiger partial charge in [-0.3, -0.25) is 0 Å². The number of hydrogen-bond donors (Lipinski definition) is 0. The van der Waals surface area contributed by atoms with E-state index in [1.54, 1.807) is 6.58 Å². The molecular weight excluding hydrogens is 349 g/mol. The molecule has 0 bridgehead atoms. The van der Waals surface area contributed by atoms with Crippen LogP contribution in [0.3, 0.4) is 0 Å². The molecule has 0 radical (unpaired) electrons. The maximum absolute atomic E-state index is 13.8. The number of aliphatic carboxylic acids is 1. The Labute approximate surface area is 113 Å². The fourth-order valence-corrected chi connectivity index (χ4v) is 1.74. The Morgan fingerprint density at radius 3 is 1.09 bits per heavy atom. The maximum atomic E-state index is 13.8. The van der Waals surface area contributed by atoms with Crippen molar-refractivity contribution >= 4 is 5.97 Å². The van der Waals surface area contributed by atoms with E-state index in [1.807, 2.05) is 0 Å². The van der Waals surface area contributed by atoms with Crippen LogP contribution in [-0.2, 0) is 4.79 Å². The lowest BCUT2D eigenvalue weighted by Crippen LogP contribution is -2.84. The summed E-state index contributed by atoms with van der Waals surface area (Å²) in [4.78, 5) is 10.2. The second kappa shape index (κ2) is 4.04. The van der Waals surface area contributed by atoms with Crippen molar-refractivity contribution < 1.29 is 58.2 Å². The van der Waals surface area contributed by atoms with Crippen molar-refractivity contribution in [2.45, 2.75) is 35.3 Å². The van der Waals surface area contributed by atoms with Gasteiger partial charge in [-0.05, 0) is 0 Å². The molecule has 0 heterocycles. The van der Waals surface area contributed by atoms with Crippen LogP contribution >= 0.6 is 0 Å². The molecule has 128 valence electrons. The Balaban J connectivity index is 3.93. The van der Waals surface area contributed by atoms with Gasteiger partial charge in [0.2, 0.25) is 0 Å². The second-order valence-corrected chi connectivity index (χ2v) is 4.30. The minimum atomic E-state index is -7.39. The lowest BCUT2D eigenvalue weighted by molar-refractivity contribution is -0.479.